The van der Waals surface area contributed by atoms with Crippen LogP contribution in [0, 0.1) is 0 Å². The molecule has 5 heteroatoms. The SMILES string of the molecule is CCC(N)COCc1ccc(C(F)(F)F)cc1. The number of halogens is 3. The predicted molar refractivity (Wildman–Crippen MR) is 59.4 cm³/mol. The molecule has 96 valence electrons. The van der Waals surface area contributed by atoms with Crippen LogP contribution in [0.2, 0.25) is 0 Å². The van der Waals surface area contributed by atoms with Crippen LogP contribution in [0.25, 0.3) is 0 Å². The zero-order valence-electron chi connectivity index (χ0n) is 9.63. The maximum absolute atomic E-state index is 12.3. The van der Waals surface area contributed by atoms with E-state index in [-0.39, 0.29) is 12.6 Å². The van der Waals surface area contributed by atoms with Gasteiger partial charge >= 0.3 is 6.18 Å². The van der Waals surface area contributed by atoms with Crippen LogP contribution in [0.4, 0.5) is 13.2 Å². The second-order valence-corrected chi connectivity index (χ2v) is 3.88. The van der Waals surface area contributed by atoms with Crippen molar-refractivity contribution in [3.8, 4) is 0 Å². The summed E-state index contributed by atoms with van der Waals surface area (Å²) < 4.78 is 42.1. The Bertz CT molecular complexity index is 335. The highest BCUT2D eigenvalue weighted by molar-refractivity contribution is 5.24. The summed E-state index contributed by atoms with van der Waals surface area (Å²) in [5.41, 5.74) is 5.71. The minimum atomic E-state index is -4.29. The van der Waals surface area contributed by atoms with Gasteiger partial charge in [-0.15, -0.1) is 0 Å². The number of benzene rings is 1. The van der Waals surface area contributed by atoms with E-state index in [1.54, 1.807) is 0 Å². The van der Waals surface area contributed by atoms with Gasteiger partial charge in [-0.2, -0.15) is 13.2 Å². The van der Waals surface area contributed by atoms with E-state index in [9.17, 15) is 13.2 Å². The van der Waals surface area contributed by atoms with Crippen molar-refractivity contribution < 1.29 is 17.9 Å². The molecule has 1 rings (SSSR count). The number of nitrogens with two attached hydrogens (primary N) is 1. The van der Waals surface area contributed by atoms with Crippen LogP contribution in [0.15, 0.2) is 24.3 Å². The number of ether oxygens (including phenoxy) is 1. The van der Waals surface area contributed by atoms with E-state index in [1.807, 2.05) is 6.92 Å². The molecule has 0 aliphatic heterocycles. The van der Waals surface area contributed by atoms with Gasteiger partial charge in [0.25, 0.3) is 0 Å². The van der Waals surface area contributed by atoms with Gasteiger partial charge in [0.15, 0.2) is 0 Å². The van der Waals surface area contributed by atoms with E-state index < -0.39 is 11.7 Å². The molecule has 0 radical (unpaired) electrons. The lowest BCUT2D eigenvalue weighted by atomic mass is 10.1. The van der Waals surface area contributed by atoms with Crippen LogP contribution in [-0.4, -0.2) is 12.6 Å². The van der Waals surface area contributed by atoms with Crippen molar-refractivity contribution in [3.05, 3.63) is 35.4 Å². The molecular formula is C12H16F3NO. The molecule has 1 unspecified atom stereocenters. The Labute approximate surface area is 98.6 Å². The smallest absolute Gasteiger partial charge is 0.375 e. The van der Waals surface area contributed by atoms with Gasteiger partial charge < -0.3 is 10.5 Å². The van der Waals surface area contributed by atoms with E-state index in [2.05, 4.69) is 0 Å². The number of hydrogen-bond donors (Lipinski definition) is 1. The highest BCUT2D eigenvalue weighted by Gasteiger charge is 2.29. The molecule has 17 heavy (non-hydrogen) atoms. The van der Waals surface area contributed by atoms with Crippen molar-refractivity contribution in [2.75, 3.05) is 6.61 Å². The Hall–Kier alpha value is -1.07. The third-order valence-electron chi connectivity index (χ3n) is 2.41. The molecule has 2 N–H and O–H groups in total. The summed E-state index contributed by atoms with van der Waals surface area (Å²) in [6.07, 6.45) is -3.48. The van der Waals surface area contributed by atoms with Crippen molar-refractivity contribution in [2.45, 2.75) is 32.2 Å². The first kappa shape index (κ1) is 14.0. The number of hydrogen-bond acceptors (Lipinski definition) is 2. The molecule has 0 saturated heterocycles. The molecule has 1 aromatic carbocycles. The van der Waals surface area contributed by atoms with Gasteiger partial charge in [-0.3, -0.25) is 0 Å². The van der Waals surface area contributed by atoms with E-state index in [4.69, 9.17) is 10.5 Å². The standard InChI is InChI=1S/C12H16F3NO/c1-2-11(16)8-17-7-9-3-5-10(6-4-9)12(13,14)15/h3-6,11H,2,7-8,16H2,1H3. The van der Waals surface area contributed by atoms with Gasteiger partial charge in [0, 0.05) is 6.04 Å². The van der Waals surface area contributed by atoms with Crippen LogP contribution < -0.4 is 5.73 Å². The fourth-order valence-electron chi connectivity index (χ4n) is 1.24. The Kier molecular flexibility index (Phi) is 4.96. The largest absolute Gasteiger partial charge is 0.416 e. The first-order valence-electron chi connectivity index (χ1n) is 5.43. The minimum Gasteiger partial charge on any atom is -0.375 e. The quantitative estimate of drug-likeness (QED) is 0.868. The Morgan fingerprint density at radius 1 is 1.24 bits per heavy atom. The fraction of sp³-hybridized carbons (Fsp3) is 0.500. The minimum absolute atomic E-state index is 0.0237. The van der Waals surface area contributed by atoms with Crippen molar-refractivity contribution in [3.63, 3.8) is 0 Å². The topological polar surface area (TPSA) is 35.2 Å². The lowest BCUT2D eigenvalue weighted by molar-refractivity contribution is -0.137. The summed E-state index contributed by atoms with van der Waals surface area (Å²) in [4.78, 5) is 0. The van der Waals surface area contributed by atoms with Crippen molar-refractivity contribution in [1.82, 2.24) is 0 Å². The second-order valence-electron chi connectivity index (χ2n) is 3.88. The Morgan fingerprint density at radius 2 is 1.82 bits per heavy atom. The molecule has 0 amide bonds. The first-order chi connectivity index (χ1) is 7.93. The molecule has 1 atom stereocenters. The van der Waals surface area contributed by atoms with E-state index in [0.29, 0.717) is 12.2 Å². The Morgan fingerprint density at radius 3 is 2.29 bits per heavy atom. The van der Waals surface area contributed by atoms with Crippen molar-refractivity contribution in [2.24, 2.45) is 5.73 Å². The summed E-state index contributed by atoms with van der Waals surface area (Å²) >= 11 is 0. The van der Waals surface area contributed by atoms with Gasteiger partial charge in [-0.1, -0.05) is 19.1 Å². The third kappa shape index (κ3) is 4.75. The predicted octanol–water partition coefficient (Wildman–Crippen LogP) is 2.96. The normalized spacial score (nSPS) is 13.7. The molecule has 0 spiro atoms. The molecule has 0 aliphatic rings. The van der Waals surface area contributed by atoms with E-state index in [1.165, 1.54) is 12.1 Å². The molecule has 0 aromatic heterocycles. The maximum atomic E-state index is 12.3. The first-order valence-corrected chi connectivity index (χ1v) is 5.43. The number of alkyl halides is 3. The monoisotopic (exact) mass is 247 g/mol. The summed E-state index contributed by atoms with van der Waals surface area (Å²) in [7, 11) is 0. The lowest BCUT2D eigenvalue weighted by Gasteiger charge is -2.10. The van der Waals surface area contributed by atoms with E-state index >= 15 is 0 Å². The Balaban J connectivity index is 2.46. The average Bonchev–Trinajstić information content (AvgIpc) is 2.28. The van der Waals surface area contributed by atoms with E-state index in [0.717, 1.165) is 18.6 Å². The highest BCUT2D eigenvalue weighted by atomic mass is 19.4. The molecule has 1 aromatic rings. The summed E-state index contributed by atoms with van der Waals surface area (Å²) in [6, 6.07) is 4.92. The van der Waals surface area contributed by atoms with Crippen molar-refractivity contribution in [1.29, 1.82) is 0 Å². The maximum Gasteiger partial charge on any atom is 0.416 e. The van der Waals surface area contributed by atoms with Crippen molar-refractivity contribution >= 4 is 0 Å². The van der Waals surface area contributed by atoms with Gasteiger partial charge in [-0.05, 0) is 24.1 Å². The van der Waals surface area contributed by atoms with Gasteiger partial charge in [0.1, 0.15) is 0 Å². The van der Waals surface area contributed by atoms with Gasteiger partial charge in [-0.25, -0.2) is 0 Å². The summed E-state index contributed by atoms with van der Waals surface area (Å²) in [5, 5.41) is 0. The van der Waals surface area contributed by atoms with Crippen LogP contribution in [0.1, 0.15) is 24.5 Å². The molecule has 0 heterocycles. The van der Waals surface area contributed by atoms with Crippen LogP contribution >= 0.6 is 0 Å². The molecule has 0 bridgehead atoms. The summed E-state index contributed by atoms with van der Waals surface area (Å²) in [6.45, 7) is 2.65. The number of rotatable bonds is 5. The molecular weight excluding hydrogens is 231 g/mol. The fourth-order valence-corrected chi connectivity index (χ4v) is 1.24. The molecule has 0 saturated carbocycles. The highest BCUT2D eigenvalue weighted by Crippen LogP contribution is 2.29. The summed E-state index contributed by atoms with van der Waals surface area (Å²) in [5.74, 6) is 0. The average molecular weight is 247 g/mol. The molecule has 0 aliphatic carbocycles. The molecule has 2 nitrogen and oxygen atoms in total. The van der Waals surface area contributed by atoms with Crippen LogP contribution in [-0.2, 0) is 17.5 Å². The van der Waals surface area contributed by atoms with Crippen LogP contribution in [0.3, 0.4) is 0 Å². The third-order valence-corrected chi connectivity index (χ3v) is 2.41. The zero-order valence-corrected chi connectivity index (χ0v) is 9.63. The van der Waals surface area contributed by atoms with Gasteiger partial charge in [0.2, 0.25) is 0 Å². The van der Waals surface area contributed by atoms with Crippen LogP contribution in [0.5, 0.6) is 0 Å². The lowest BCUT2D eigenvalue weighted by Crippen LogP contribution is -2.24. The molecule has 0 fully saturated rings. The zero-order chi connectivity index (χ0) is 12.9. The second kappa shape index (κ2) is 6.02. The van der Waals surface area contributed by atoms with Gasteiger partial charge in [0.05, 0.1) is 18.8 Å².